The molecule has 0 unspecified atom stereocenters. The Balaban J connectivity index is 1.66. The number of nitrogens with one attached hydrogen (secondary N) is 2. The number of fused-ring (bicyclic) bond motifs is 1. The number of methoxy groups -OCH3 is 1. The minimum atomic E-state index is -0.594. The Kier molecular flexibility index (Phi) is 8.60. The molecule has 1 aliphatic rings. The van der Waals surface area contributed by atoms with Gasteiger partial charge in [0, 0.05) is 42.2 Å². The molecule has 0 radical (unpaired) electrons. The lowest BCUT2D eigenvalue weighted by molar-refractivity contribution is -0.126. The van der Waals surface area contributed by atoms with Crippen molar-refractivity contribution in [3.63, 3.8) is 0 Å². The van der Waals surface area contributed by atoms with Crippen molar-refractivity contribution in [3.05, 3.63) is 58.6 Å². The molecular weight excluding hydrogens is 553 g/mol. The molecule has 1 aromatic heterocycles. The lowest BCUT2D eigenvalue weighted by atomic mass is 10.1. The predicted octanol–water partition coefficient (Wildman–Crippen LogP) is 5.54. The molecule has 36 heavy (non-hydrogen) atoms. The molecule has 0 bridgehead atoms. The molecule has 1 amide bonds. The summed E-state index contributed by atoms with van der Waals surface area (Å²) in [6.07, 6.45) is 4.56. The van der Waals surface area contributed by atoms with Crippen LogP contribution in [0.2, 0.25) is 5.02 Å². The fourth-order valence-electron chi connectivity index (χ4n) is 4.11. The summed E-state index contributed by atoms with van der Waals surface area (Å²) in [6, 6.07) is 6.91. The number of amides is 1. The van der Waals surface area contributed by atoms with E-state index in [9.17, 15) is 9.18 Å². The van der Waals surface area contributed by atoms with E-state index in [1.54, 1.807) is 25.3 Å². The van der Waals surface area contributed by atoms with Crippen molar-refractivity contribution in [2.24, 2.45) is 0 Å². The topological polar surface area (TPSA) is 88.6 Å². The molecule has 2 aromatic carbocycles. The summed E-state index contributed by atoms with van der Waals surface area (Å²) in [4.78, 5) is 22.7. The van der Waals surface area contributed by atoms with Crippen LogP contribution in [0.5, 0.6) is 5.75 Å². The number of rotatable bonds is 10. The molecule has 8 nitrogen and oxygen atoms in total. The molecule has 0 aliphatic carbocycles. The van der Waals surface area contributed by atoms with Crippen LogP contribution in [-0.2, 0) is 9.53 Å². The van der Waals surface area contributed by atoms with Crippen LogP contribution in [0, 0.1) is 5.82 Å². The summed E-state index contributed by atoms with van der Waals surface area (Å²) in [7, 11) is 1.60. The summed E-state index contributed by atoms with van der Waals surface area (Å²) in [5.41, 5.74) is 1.49. The lowest BCUT2D eigenvalue weighted by Gasteiger charge is -2.25. The van der Waals surface area contributed by atoms with Crippen molar-refractivity contribution in [1.82, 2.24) is 14.9 Å². The molecule has 1 atom stereocenters. The highest BCUT2D eigenvalue weighted by Crippen LogP contribution is 2.36. The Bertz CT molecular complexity index is 1280. The molecular formula is C25H26BrClFN5O3. The largest absolute Gasteiger partial charge is 0.489 e. The molecule has 1 saturated heterocycles. The van der Waals surface area contributed by atoms with Crippen LogP contribution in [0.15, 0.2) is 47.7 Å². The average molecular weight is 579 g/mol. The van der Waals surface area contributed by atoms with Crippen LogP contribution in [0.25, 0.3) is 10.9 Å². The zero-order valence-electron chi connectivity index (χ0n) is 19.7. The van der Waals surface area contributed by atoms with E-state index in [0.717, 1.165) is 12.8 Å². The minimum Gasteiger partial charge on any atom is -0.489 e. The number of carbonyl (C=O) groups is 1. The van der Waals surface area contributed by atoms with Gasteiger partial charge in [0.25, 0.3) is 0 Å². The number of anilines is 3. The van der Waals surface area contributed by atoms with Crippen LogP contribution in [-0.4, -0.2) is 60.2 Å². The monoisotopic (exact) mass is 577 g/mol. The van der Waals surface area contributed by atoms with E-state index in [0.29, 0.717) is 58.9 Å². The van der Waals surface area contributed by atoms with Crippen LogP contribution in [0.1, 0.15) is 12.8 Å². The van der Waals surface area contributed by atoms with E-state index >= 15 is 0 Å². The number of nitrogens with zero attached hydrogens (tertiary/aromatic N) is 3. The Labute approximate surface area is 222 Å². The fraction of sp³-hybridized carbons (Fsp3) is 0.320. The van der Waals surface area contributed by atoms with E-state index in [1.807, 2.05) is 11.0 Å². The number of ether oxygens (including phenoxy) is 2. The van der Waals surface area contributed by atoms with Gasteiger partial charge < -0.3 is 25.0 Å². The number of hydrogen-bond acceptors (Lipinski definition) is 7. The second-order valence-corrected chi connectivity index (χ2v) is 9.42. The molecule has 2 heterocycles. The van der Waals surface area contributed by atoms with Gasteiger partial charge in [-0.2, -0.15) is 0 Å². The second kappa shape index (κ2) is 11.9. The number of likely N-dealkylation sites (tertiary alicyclic amines) is 1. The third-order valence-electron chi connectivity index (χ3n) is 5.93. The van der Waals surface area contributed by atoms with Gasteiger partial charge >= 0.3 is 0 Å². The van der Waals surface area contributed by atoms with Crippen LogP contribution < -0.4 is 15.4 Å². The minimum absolute atomic E-state index is 0.0234. The predicted molar refractivity (Wildman–Crippen MR) is 143 cm³/mol. The van der Waals surface area contributed by atoms with Crippen molar-refractivity contribution in [2.75, 3.05) is 44.0 Å². The SMILES string of the molecule is C=CC(=O)N1CCC[C@H]1CNc1cc2c(Nc3ccc(Br)c(Cl)c3F)ncnc2cc1OCCOC. The Morgan fingerprint density at radius 1 is 1.33 bits per heavy atom. The standard InChI is InChI=1S/C25H26BrClFN5O3/c1-3-22(34)33-8-4-5-15(33)13-29-20-11-16-19(12-21(20)36-10-9-35-2)30-14-31-25(16)32-18-7-6-17(26)23(27)24(18)28/h3,6-7,11-12,14-15,29H,1,4-5,8-10,13H2,2H3,(H,30,31,32)/t15-/m0/s1. The Morgan fingerprint density at radius 2 is 2.17 bits per heavy atom. The molecule has 0 spiro atoms. The van der Waals surface area contributed by atoms with Gasteiger partial charge in [-0.25, -0.2) is 14.4 Å². The smallest absolute Gasteiger partial charge is 0.246 e. The Morgan fingerprint density at radius 3 is 2.94 bits per heavy atom. The summed E-state index contributed by atoms with van der Waals surface area (Å²) in [6.45, 7) is 5.60. The van der Waals surface area contributed by atoms with Gasteiger partial charge in [0.15, 0.2) is 5.82 Å². The normalized spacial score (nSPS) is 15.2. The zero-order chi connectivity index (χ0) is 25.7. The van der Waals surface area contributed by atoms with Crippen LogP contribution >= 0.6 is 27.5 Å². The van der Waals surface area contributed by atoms with Crippen molar-refractivity contribution in [2.45, 2.75) is 18.9 Å². The molecule has 3 aromatic rings. The highest BCUT2D eigenvalue weighted by Gasteiger charge is 2.27. The lowest BCUT2D eigenvalue weighted by Crippen LogP contribution is -2.38. The average Bonchev–Trinajstić information content (AvgIpc) is 3.36. The zero-order valence-corrected chi connectivity index (χ0v) is 22.0. The highest BCUT2D eigenvalue weighted by atomic mass is 79.9. The molecule has 2 N–H and O–H groups in total. The van der Waals surface area contributed by atoms with Gasteiger partial charge in [0.05, 0.1) is 28.5 Å². The van der Waals surface area contributed by atoms with Crippen molar-refractivity contribution in [1.29, 1.82) is 0 Å². The fourth-order valence-corrected chi connectivity index (χ4v) is 4.58. The van der Waals surface area contributed by atoms with Gasteiger partial charge in [-0.15, -0.1) is 0 Å². The summed E-state index contributed by atoms with van der Waals surface area (Å²) in [5.74, 6) is 0.322. The van der Waals surface area contributed by atoms with Gasteiger partial charge in [-0.1, -0.05) is 18.2 Å². The van der Waals surface area contributed by atoms with Crippen molar-refractivity contribution < 1.29 is 18.7 Å². The summed E-state index contributed by atoms with van der Waals surface area (Å²) in [5, 5.41) is 7.08. The number of aromatic nitrogens is 2. The number of hydrogen-bond donors (Lipinski definition) is 2. The van der Waals surface area contributed by atoms with E-state index in [4.69, 9.17) is 21.1 Å². The first-order valence-corrected chi connectivity index (χ1v) is 12.6. The molecule has 0 saturated carbocycles. The number of halogens is 3. The van der Waals surface area contributed by atoms with E-state index in [1.165, 1.54) is 12.4 Å². The van der Waals surface area contributed by atoms with E-state index in [-0.39, 0.29) is 22.7 Å². The summed E-state index contributed by atoms with van der Waals surface area (Å²) < 4.78 is 26.3. The van der Waals surface area contributed by atoms with Gasteiger partial charge in [0.1, 0.15) is 24.5 Å². The van der Waals surface area contributed by atoms with Crippen molar-refractivity contribution >= 4 is 61.5 Å². The molecule has 4 rings (SSSR count). The molecule has 1 fully saturated rings. The molecule has 190 valence electrons. The van der Waals surface area contributed by atoms with E-state index < -0.39 is 5.82 Å². The quantitative estimate of drug-likeness (QED) is 0.185. The maximum Gasteiger partial charge on any atom is 0.246 e. The number of benzene rings is 2. The van der Waals surface area contributed by atoms with Crippen LogP contribution in [0.3, 0.4) is 0 Å². The third-order valence-corrected chi connectivity index (χ3v) is 7.19. The first-order chi connectivity index (χ1) is 17.4. The van der Waals surface area contributed by atoms with Gasteiger partial charge in [-0.05, 0) is 53.0 Å². The second-order valence-electron chi connectivity index (χ2n) is 8.19. The van der Waals surface area contributed by atoms with Gasteiger partial charge in [0.2, 0.25) is 5.91 Å². The highest BCUT2D eigenvalue weighted by molar-refractivity contribution is 9.10. The molecule has 11 heteroatoms. The third kappa shape index (κ3) is 5.71. The van der Waals surface area contributed by atoms with Crippen molar-refractivity contribution in [3.8, 4) is 5.75 Å². The Hall–Kier alpha value is -2.95. The maximum atomic E-state index is 14.7. The van der Waals surface area contributed by atoms with E-state index in [2.05, 4.69) is 43.1 Å². The van der Waals surface area contributed by atoms with Crippen LogP contribution in [0.4, 0.5) is 21.6 Å². The molecule has 1 aliphatic heterocycles. The first kappa shape index (κ1) is 26.1. The van der Waals surface area contributed by atoms with Gasteiger partial charge in [-0.3, -0.25) is 4.79 Å². The maximum absolute atomic E-state index is 14.7. The number of carbonyl (C=O) groups excluding carboxylic acids is 1. The first-order valence-electron chi connectivity index (χ1n) is 11.4. The summed E-state index contributed by atoms with van der Waals surface area (Å²) >= 11 is 9.28.